The third-order valence-corrected chi connectivity index (χ3v) is 6.10. The normalized spacial score (nSPS) is 19.9. The molecular formula is C17H6ClF27. The molecule has 0 heterocycles. The van der Waals surface area contributed by atoms with Crippen LogP contribution in [0.1, 0.15) is 6.42 Å². The average Bonchev–Trinajstić information content (AvgIpc) is 2.83. The van der Waals surface area contributed by atoms with Crippen molar-refractivity contribution in [1.82, 2.24) is 0 Å². The highest BCUT2D eigenvalue weighted by Crippen LogP contribution is 2.70. The lowest BCUT2D eigenvalue weighted by molar-refractivity contribution is -0.466. The summed E-state index contributed by atoms with van der Waals surface area (Å²) in [6.45, 7) is -2.83. The second-order valence-electron chi connectivity index (χ2n) is 8.38. The van der Waals surface area contributed by atoms with Gasteiger partial charge < -0.3 is 0 Å². The molecule has 0 aromatic heterocycles. The van der Waals surface area contributed by atoms with E-state index in [4.69, 9.17) is 0 Å². The van der Waals surface area contributed by atoms with Crippen molar-refractivity contribution >= 4 is 11.6 Å². The number of hydrogen-bond acceptors (Lipinski definition) is 0. The van der Waals surface area contributed by atoms with E-state index in [9.17, 15) is 119 Å². The van der Waals surface area contributed by atoms with Gasteiger partial charge in [0, 0.05) is 6.42 Å². The number of allylic oxidation sites excluding steroid dienone is 1. The molecule has 0 aliphatic heterocycles. The first kappa shape index (κ1) is 43.1. The van der Waals surface area contributed by atoms with Crippen LogP contribution in [0.5, 0.6) is 0 Å². The summed E-state index contributed by atoms with van der Waals surface area (Å²) < 4.78 is 367. The maximum Gasteiger partial charge on any atom is 0.435 e. The van der Waals surface area contributed by atoms with Gasteiger partial charge in [-0.2, -0.15) is 79.0 Å². The Bertz CT molecular complexity index is 1080. The molecule has 0 N–H and O–H groups in total. The Morgan fingerprint density at radius 2 is 0.911 bits per heavy atom. The molecule has 28 heteroatoms. The summed E-state index contributed by atoms with van der Waals surface area (Å²) in [5, 5.41) is -4.73. The maximum absolute atomic E-state index is 14.7. The molecule has 0 spiro atoms. The van der Waals surface area contributed by atoms with E-state index in [1.54, 1.807) is 0 Å². The fourth-order valence-corrected chi connectivity index (χ4v) is 3.42. The van der Waals surface area contributed by atoms with Gasteiger partial charge in [-0.25, -0.2) is 35.1 Å². The van der Waals surface area contributed by atoms with Gasteiger partial charge in [0.2, 0.25) is 6.17 Å². The Morgan fingerprint density at radius 1 is 0.533 bits per heavy atom. The Hall–Kier alpha value is -1.86. The number of alkyl halides is 25. The zero-order valence-corrected chi connectivity index (χ0v) is 20.4. The Labute approximate surface area is 233 Å². The predicted molar refractivity (Wildman–Crippen MR) is 89.9 cm³/mol. The minimum atomic E-state index is -10.0. The number of rotatable bonds is 13. The number of hydrogen-bond donors (Lipinski definition) is 0. The third kappa shape index (κ3) is 5.50. The van der Waals surface area contributed by atoms with E-state index < -0.39 is 102 Å². The summed E-state index contributed by atoms with van der Waals surface area (Å²) in [5.74, 6) is -53.9. The lowest BCUT2D eigenvalue weighted by Crippen LogP contribution is -2.83. The molecule has 45 heavy (non-hydrogen) atoms. The van der Waals surface area contributed by atoms with E-state index in [1.807, 2.05) is 0 Å². The van der Waals surface area contributed by atoms with E-state index in [1.165, 1.54) is 0 Å². The summed E-state index contributed by atoms with van der Waals surface area (Å²) in [6, 6.07) is 0. The van der Waals surface area contributed by atoms with Crippen molar-refractivity contribution in [1.29, 1.82) is 0 Å². The lowest BCUT2D eigenvalue weighted by atomic mass is 9.71. The highest BCUT2D eigenvalue weighted by atomic mass is 35.5. The topological polar surface area (TPSA) is 0 Å². The maximum atomic E-state index is 14.7. The van der Waals surface area contributed by atoms with E-state index in [0.29, 0.717) is 0 Å². The van der Waals surface area contributed by atoms with Crippen LogP contribution in [0.2, 0.25) is 0 Å². The van der Waals surface area contributed by atoms with Gasteiger partial charge in [-0.05, 0) is 0 Å². The highest BCUT2D eigenvalue weighted by Gasteiger charge is 3.01. The van der Waals surface area contributed by atoms with Gasteiger partial charge in [0.05, 0.1) is 6.67 Å². The molecule has 0 fully saturated rings. The molecule has 0 radical (unpaired) electrons. The SMILES string of the molecule is FCCC(F)(F)C(F)C(F)(F)C(F)(C(F)F)C(F)(F)C(F)(C(F)(F)F)C(F)(F)C(F)(F)C(F)(F)C(F)(C(Cl)=C(F)F)C(F)(F)F. The van der Waals surface area contributed by atoms with Crippen molar-refractivity contribution < 1.29 is 119 Å². The van der Waals surface area contributed by atoms with Crippen LogP contribution in [0.4, 0.5) is 119 Å². The van der Waals surface area contributed by atoms with Gasteiger partial charge in [-0.3, -0.25) is 4.39 Å². The van der Waals surface area contributed by atoms with Crippen LogP contribution in [0, 0.1) is 0 Å². The van der Waals surface area contributed by atoms with Crippen molar-refractivity contribution in [2.75, 3.05) is 6.67 Å². The quantitative estimate of drug-likeness (QED) is 0.164. The van der Waals surface area contributed by atoms with Gasteiger partial charge in [0.15, 0.2) is 0 Å². The highest BCUT2D eigenvalue weighted by molar-refractivity contribution is 6.31. The zero-order valence-electron chi connectivity index (χ0n) is 19.7. The zero-order chi connectivity index (χ0) is 37.2. The average molecular weight is 759 g/mol. The molecule has 0 amide bonds. The second kappa shape index (κ2) is 11.7. The lowest BCUT2D eigenvalue weighted by Gasteiger charge is -2.50. The smallest absolute Gasteiger partial charge is 0.251 e. The molecule has 270 valence electrons. The fourth-order valence-electron chi connectivity index (χ4n) is 3.20. The van der Waals surface area contributed by atoms with E-state index in [2.05, 4.69) is 11.6 Å². The van der Waals surface area contributed by atoms with Crippen LogP contribution < -0.4 is 0 Å². The summed E-state index contributed by atoms with van der Waals surface area (Å²) in [5.41, 5.74) is -27.5. The fraction of sp³-hybridized carbons (Fsp3) is 0.882. The van der Waals surface area contributed by atoms with Gasteiger partial charge in [-0.15, -0.1) is 0 Å². The molecule has 4 unspecified atom stereocenters. The van der Waals surface area contributed by atoms with Crippen LogP contribution in [-0.2, 0) is 0 Å². The molecule has 0 saturated carbocycles. The van der Waals surface area contributed by atoms with Crippen molar-refractivity contribution in [3.63, 3.8) is 0 Å². The Balaban J connectivity index is 8.31. The van der Waals surface area contributed by atoms with E-state index >= 15 is 0 Å². The van der Waals surface area contributed by atoms with E-state index in [-0.39, 0.29) is 0 Å². The van der Waals surface area contributed by atoms with E-state index in [0.717, 1.165) is 0 Å². The molecule has 0 rings (SSSR count). The summed E-state index contributed by atoms with van der Waals surface area (Å²) in [6.07, 6.45) is -39.3. The molecule has 0 aliphatic rings. The molecule has 0 aromatic rings. The molecular weight excluding hydrogens is 753 g/mol. The van der Waals surface area contributed by atoms with Crippen LogP contribution in [-0.4, -0.2) is 84.2 Å². The number of halogens is 28. The minimum Gasteiger partial charge on any atom is -0.251 e. The first-order valence-corrected chi connectivity index (χ1v) is 10.3. The second-order valence-corrected chi connectivity index (χ2v) is 8.76. The predicted octanol–water partition coefficient (Wildman–Crippen LogP) is 10.4. The van der Waals surface area contributed by atoms with Crippen LogP contribution in [0.15, 0.2) is 11.1 Å². The van der Waals surface area contributed by atoms with Gasteiger partial charge in [-0.1, -0.05) is 11.6 Å². The van der Waals surface area contributed by atoms with Gasteiger partial charge in [0.25, 0.3) is 18.4 Å². The summed E-state index contributed by atoms with van der Waals surface area (Å²) >= 11 is 3.73. The van der Waals surface area contributed by atoms with Crippen LogP contribution in [0.25, 0.3) is 0 Å². The van der Waals surface area contributed by atoms with Gasteiger partial charge in [0.1, 0.15) is 5.03 Å². The molecule has 4 atom stereocenters. The molecule has 0 saturated heterocycles. The van der Waals surface area contributed by atoms with Crippen LogP contribution >= 0.6 is 11.6 Å². The third-order valence-electron chi connectivity index (χ3n) is 5.70. The molecule has 0 nitrogen and oxygen atoms in total. The Morgan fingerprint density at radius 3 is 1.18 bits per heavy atom. The largest absolute Gasteiger partial charge is 0.435 e. The molecule has 0 bridgehead atoms. The summed E-state index contributed by atoms with van der Waals surface area (Å²) in [4.78, 5) is 0. The standard InChI is InChI=1S/C17H6ClF27/c18-3(4(20)21)8(27,16(40,41)42)13(34,35)15(38,39)14(36,37)11(31,17(43,44)45)12(32,33)9(28,6(23)24)10(29,30)5(22)7(25,26)1-2-19/h5-6H,1-2H2. The summed E-state index contributed by atoms with van der Waals surface area (Å²) in [7, 11) is 0. The van der Waals surface area contributed by atoms with Crippen LogP contribution in [0.3, 0.4) is 0 Å². The van der Waals surface area contributed by atoms with Crippen molar-refractivity contribution in [3.8, 4) is 0 Å². The molecule has 0 aromatic carbocycles. The Kier molecular flexibility index (Phi) is 11.2. The first-order chi connectivity index (χ1) is 19.3. The van der Waals surface area contributed by atoms with Gasteiger partial charge >= 0.3 is 59.0 Å². The first-order valence-electron chi connectivity index (χ1n) is 9.93. The monoisotopic (exact) mass is 758 g/mol. The van der Waals surface area contributed by atoms with Crippen molar-refractivity contribution in [2.24, 2.45) is 0 Å². The van der Waals surface area contributed by atoms with Crippen molar-refractivity contribution in [2.45, 2.75) is 83.9 Å². The minimum absolute atomic E-state index is 2.83. The molecule has 0 aliphatic carbocycles. The van der Waals surface area contributed by atoms with Crippen molar-refractivity contribution in [3.05, 3.63) is 11.1 Å².